The van der Waals surface area contributed by atoms with Crippen molar-refractivity contribution in [1.82, 2.24) is 4.90 Å². The Balaban J connectivity index is 2.00. The van der Waals surface area contributed by atoms with Gasteiger partial charge in [-0.3, -0.25) is 4.79 Å². The van der Waals surface area contributed by atoms with Crippen LogP contribution in [0, 0.1) is 6.92 Å². The summed E-state index contributed by atoms with van der Waals surface area (Å²) in [6.07, 6.45) is 4.85. The van der Waals surface area contributed by atoms with Crippen molar-refractivity contribution in [2.45, 2.75) is 38.8 Å². The van der Waals surface area contributed by atoms with Crippen LogP contribution < -0.4 is 5.32 Å². The van der Waals surface area contributed by atoms with Gasteiger partial charge in [0, 0.05) is 12.2 Å². The smallest absolute Gasteiger partial charge is 0.257 e. The van der Waals surface area contributed by atoms with Gasteiger partial charge in [-0.1, -0.05) is 18.1 Å². The molecule has 1 aromatic carbocycles. The van der Waals surface area contributed by atoms with Crippen molar-refractivity contribution >= 4 is 11.6 Å². The molecule has 0 aliphatic carbocycles. The molecule has 17 heavy (non-hydrogen) atoms. The molecule has 2 heterocycles. The van der Waals surface area contributed by atoms with Crippen molar-refractivity contribution in [2.75, 3.05) is 11.9 Å². The lowest BCUT2D eigenvalue weighted by molar-refractivity contribution is 0.0690. The summed E-state index contributed by atoms with van der Waals surface area (Å²) in [5.41, 5.74) is 2.99. The van der Waals surface area contributed by atoms with E-state index < -0.39 is 0 Å². The average Bonchev–Trinajstić information content (AvgIpc) is 2.56. The molecule has 1 unspecified atom stereocenters. The molecular weight excluding hydrogens is 212 g/mol. The highest BCUT2D eigenvalue weighted by Gasteiger charge is 2.32. The first-order valence-corrected chi connectivity index (χ1v) is 6.44. The number of amides is 1. The highest BCUT2D eigenvalue weighted by atomic mass is 16.2. The Morgan fingerprint density at radius 2 is 2.18 bits per heavy atom. The maximum atomic E-state index is 12.4. The Morgan fingerprint density at radius 1 is 1.29 bits per heavy atom. The van der Waals surface area contributed by atoms with E-state index in [9.17, 15) is 4.79 Å². The highest BCUT2D eigenvalue weighted by molar-refractivity contribution is 6.01. The molecule has 2 aliphatic rings. The maximum absolute atomic E-state index is 12.4. The van der Waals surface area contributed by atoms with E-state index in [1.807, 2.05) is 24.0 Å². The first kappa shape index (κ1) is 10.6. The van der Waals surface area contributed by atoms with Gasteiger partial charge in [-0.15, -0.1) is 0 Å². The molecule has 3 heteroatoms. The molecule has 1 atom stereocenters. The average molecular weight is 230 g/mol. The van der Waals surface area contributed by atoms with E-state index in [-0.39, 0.29) is 12.1 Å². The van der Waals surface area contributed by atoms with Crippen LogP contribution in [-0.2, 0) is 0 Å². The van der Waals surface area contributed by atoms with E-state index in [0.29, 0.717) is 0 Å². The van der Waals surface area contributed by atoms with Crippen LogP contribution in [0.5, 0.6) is 0 Å². The molecule has 0 radical (unpaired) electrons. The van der Waals surface area contributed by atoms with Crippen molar-refractivity contribution in [3.8, 4) is 0 Å². The molecule has 1 saturated heterocycles. The minimum atomic E-state index is 0.203. The molecule has 0 aromatic heterocycles. The van der Waals surface area contributed by atoms with Crippen LogP contribution in [0.15, 0.2) is 18.2 Å². The summed E-state index contributed by atoms with van der Waals surface area (Å²) in [5, 5.41) is 3.50. The monoisotopic (exact) mass is 230 g/mol. The van der Waals surface area contributed by atoms with Gasteiger partial charge in [-0.2, -0.15) is 0 Å². The number of carbonyl (C=O) groups excluding carboxylic acids is 1. The van der Waals surface area contributed by atoms with Crippen LogP contribution in [0.25, 0.3) is 0 Å². The minimum Gasteiger partial charge on any atom is -0.364 e. The number of nitrogens with zero attached hydrogens (tertiary/aromatic N) is 1. The molecule has 1 fully saturated rings. The fraction of sp³-hybridized carbons (Fsp3) is 0.500. The third-order valence-electron chi connectivity index (χ3n) is 3.74. The molecule has 2 aliphatic heterocycles. The first-order valence-electron chi connectivity index (χ1n) is 6.44. The maximum Gasteiger partial charge on any atom is 0.257 e. The van der Waals surface area contributed by atoms with E-state index >= 15 is 0 Å². The Hall–Kier alpha value is -1.51. The summed E-state index contributed by atoms with van der Waals surface area (Å²) >= 11 is 0. The molecule has 3 rings (SSSR count). The van der Waals surface area contributed by atoms with Crippen molar-refractivity contribution in [3.63, 3.8) is 0 Å². The summed E-state index contributed by atoms with van der Waals surface area (Å²) in [7, 11) is 0. The van der Waals surface area contributed by atoms with Crippen LogP contribution in [0.4, 0.5) is 5.69 Å². The molecule has 1 aromatic rings. The van der Waals surface area contributed by atoms with Gasteiger partial charge in [0.05, 0.1) is 5.56 Å². The predicted molar refractivity (Wildman–Crippen MR) is 68.1 cm³/mol. The van der Waals surface area contributed by atoms with Crippen molar-refractivity contribution in [1.29, 1.82) is 0 Å². The number of benzene rings is 1. The number of fused-ring (bicyclic) bond motifs is 2. The molecule has 90 valence electrons. The number of hydrogen-bond donors (Lipinski definition) is 1. The lowest BCUT2D eigenvalue weighted by atomic mass is 10.0. The number of nitrogens with one attached hydrogen (secondary N) is 1. The topological polar surface area (TPSA) is 32.3 Å². The minimum absolute atomic E-state index is 0.203. The SMILES string of the molecule is Cc1ccc2c(c1)C(=O)N1CCCCCC1N2. The summed E-state index contributed by atoms with van der Waals surface area (Å²) < 4.78 is 0. The fourth-order valence-corrected chi connectivity index (χ4v) is 2.80. The third kappa shape index (κ3) is 1.79. The largest absolute Gasteiger partial charge is 0.364 e. The van der Waals surface area contributed by atoms with E-state index in [4.69, 9.17) is 0 Å². The van der Waals surface area contributed by atoms with E-state index in [2.05, 4.69) is 11.4 Å². The standard InChI is InChI=1S/C14H18N2O/c1-10-6-7-12-11(9-10)14(17)16-8-4-2-3-5-13(16)15-12/h6-7,9,13,15H,2-5,8H2,1H3. The summed E-state index contributed by atoms with van der Waals surface area (Å²) in [5.74, 6) is 0.203. The van der Waals surface area contributed by atoms with Crippen LogP contribution in [0.3, 0.4) is 0 Å². The molecule has 1 amide bonds. The van der Waals surface area contributed by atoms with Crippen molar-refractivity contribution in [2.24, 2.45) is 0 Å². The quantitative estimate of drug-likeness (QED) is 0.743. The molecule has 1 N–H and O–H groups in total. The van der Waals surface area contributed by atoms with Crippen molar-refractivity contribution < 1.29 is 4.79 Å². The van der Waals surface area contributed by atoms with Gasteiger partial charge < -0.3 is 10.2 Å². The zero-order chi connectivity index (χ0) is 11.8. The van der Waals surface area contributed by atoms with Gasteiger partial charge >= 0.3 is 0 Å². The van der Waals surface area contributed by atoms with Gasteiger partial charge in [0.1, 0.15) is 6.17 Å². The molecular formula is C14H18N2O. The van der Waals surface area contributed by atoms with Crippen molar-refractivity contribution in [3.05, 3.63) is 29.3 Å². The lowest BCUT2D eigenvalue weighted by Gasteiger charge is -2.36. The van der Waals surface area contributed by atoms with Gasteiger partial charge in [0.2, 0.25) is 0 Å². The zero-order valence-corrected chi connectivity index (χ0v) is 10.2. The number of anilines is 1. The Morgan fingerprint density at radius 3 is 3.06 bits per heavy atom. The number of hydrogen-bond acceptors (Lipinski definition) is 2. The second-order valence-corrected chi connectivity index (χ2v) is 5.06. The van der Waals surface area contributed by atoms with Crippen LogP contribution >= 0.6 is 0 Å². The highest BCUT2D eigenvalue weighted by Crippen LogP contribution is 2.30. The molecule has 0 saturated carbocycles. The second kappa shape index (κ2) is 4.06. The molecule has 0 bridgehead atoms. The van der Waals surface area contributed by atoms with E-state index in [0.717, 1.165) is 36.2 Å². The fourth-order valence-electron chi connectivity index (χ4n) is 2.80. The van der Waals surface area contributed by atoms with Crippen LogP contribution in [0.1, 0.15) is 41.6 Å². The zero-order valence-electron chi connectivity index (χ0n) is 10.2. The van der Waals surface area contributed by atoms with Gasteiger partial charge in [-0.05, 0) is 38.3 Å². The second-order valence-electron chi connectivity index (χ2n) is 5.06. The summed E-state index contributed by atoms with van der Waals surface area (Å²) in [6, 6.07) is 6.09. The first-order chi connectivity index (χ1) is 8.25. The van der Waals surface area contributed by atoms with Gasteiger partial charge in [0.15, 0.2) is 0 Å². The van der Waals surface area contributed by atoms with E-state index in [1.165, 1.54) is 12.8 Å². The number of aryl methyl sites for hydroxylation is 1. The van der Waals surface area contributed by atoms with Gasteiger partial charge in [0.25, 0.3) is 5.91 Å². The number of carbonyl (C=O) groups is 1. The number of rotatable bonds is 0. The van der Waals surface area contributed by atoms with Crippen LogP contribution in [0.2, 0.25) is 0 Å². The third-order valence-corrected chi connectivity index (χ3v) is 3.74. The normalized spacial score (nSPS) is 23.5. The predicted octanol–water partition coefficient (Wildman–Crippen LogP) is 2.76. The van der Waals surface area contributed by atoms with E-state index in [1.54, 1.807) is 0 Å². The Kier molecular flexibility index (Phi) is 2.54. The Bertz CT molecular complexity index is 456. The lowest BCUT2D eigenvalue weighted by Crippen LogP contribution is -2.48. The molecule has 0 spiro atoms. The molecule has 3 nitrogen and oxygen atoms in total. The van der Waals surface area contributed by atoms with Gasteiger partial charge in [-0.25, -0.2) is 0 Å². The summed E-state index contributed by atoms with van der Waals surface area (Å²) in [4.78, 5) is 14.5. The van der Waals surface area contributed by atoms with Crippen LogP contribution in [-0.4, -0.2) is 23.5 Å². The summed E-state index contributed by atoms with van der Waals surface area (Å²) in [6.45, 7) is 2.92. The Labute approximate surface area is 102 Å².